The van der Waals surface area contributed by atoms with Crippen molar-refractivity contribution in [2.45, 2.75) is 37.3 Å². The lowest BCUT2D eigenvalue weighted by atomic mass is 10.1. The summed E-state index contributed by atoms with van der Waals surface area (Å²) in [7, 11) is -3.41. The summed E-state index contributed by atoms with van der Waals surface area (Å²) >= 11 is 0. The molecular weight excluding hydrogens is 276 g/mol. The summed E-state index contributed by atoms with van der Waals surface area (Å²) < 4.78 is 32.7. The molecule has 1 fully saturated rings. The van der Waals surface area contributed by atoms with Crippen LogP contribution < -0.4 is 10.1 Å². The van der Waals surface area contributed by atoms with Crippen molar-refractivity contribution >= 4 is 10.0 Å². The zero-order valence-electron chi connectivity index (χ0n) is 11.8. The molecule has 1 N–H and O–H groups in total. The van der Waals surface area contributed by atoms with Gasteiger partial charge in [0.1, 0.15) is 11.9 Å². The van der Waals surface area contributed by atoms with E-state index in [2.05, 4.69) is 5.32 Å². The number of sulfonamides is 1. The van der Waals surface area contributed by atoms with E-state index in [9.17, 15) is 8.42 Å². The molecule has 1 saturated heterocycles. The minimum absolute atomic E-state index is 0.0165. The van der Waals surface area contributed by atoms with Gasteiger partial charge in [-0.1, -0.05) is 0 Å². The highest BCUT2D eigenvalue weighted by molar-refractivity contribution is 7.89. The Morgan fingerprint density at radius 2 is 2.15 bits per heavy atom. The number of nitrogens with zero attached hydrogens (tertiary/aromatic N) is 1. The molecule has 6 heteroatoms. The second kappa shape index (κ2) is 5.02. The van der Waals surface area contributed by atoms with Gasteiger partial charge in [0.2, 0.25) is 10.0 Å². The van der Waals surface area contributed by atoms with Crippen LogP contribution in [0.3, 0.4) is 0 Å². The molecule has 3 rings (SSSR count). The highest BCUT2D eigenvalue weighted by atomic mass is 32.2. The Balaban J connectivity index is 1.94. The zero-order valence-corrected chi connectivity index (χ0v) is 12.6. The van der Waals surface area contributed by atoms with Crippen LogP contribution in [-0.4, -0.2) is 44.5 Å². The third-order valence-electron chi connectivity index (χ3n) is 3.91. The van der Waals surface area contributed by atoms with Crippen molar-refractivity contribution in [1.29, 1.82) is 0 Å². The molecule has 20 heavy (non-hydrogen) atoms. The van der Waals surface area contributed by atoms with Crippen molar-refractivity contribution < 1.29 is 13.2 Å². The van der Waals surface area contributed by atoms with E-state index < -0.39 is 10.0 Å². The van der Waals surface area contributed by atoms with Gasteiger partial charge in [-0.2, -0.15) is 4.31 Å². The molecule has 1 aromatic carbocycles. The fraction of sp³-hybridized carbons (Fsp3) is 0.571. The second-order valence-corrected chi connectivity index (χ2v) is 7.46. The number of rotatable bonds is 2. The van der Waals surface area contributed by atoms with Crippen LogP contribution in [0.4, 0.5) is 0 Å². The molecule has 0 bridgehead atoms. The lowest BCUT2D eigenvalue weighted by molar-refractivity contribution is 0.254. The fourth-order valence-electron chi connectivity index (χ4n) is 2.87. The van der Waals surface area contributed by atoms with Gasteiger partial charge in [-0.3, -0.25) is 0 Å². The molecular formula is C14H20N2O3S. The Morgan fingerprint density at radius 1 is 1.35 bits per heavy atom. The Labute approximate surface area is 120 Å². The maximum Gasteiger partial charge on any atom is 0.243 e. The quantitative estimate of drug-likeness (QED) is 0.884. The molecule has 1 aromatic rings. The topological polar surface area (TPSA) is 58.6 Å². The van der Waals surface area contributed by atoms with Crippen molar-refractivity contribution in [3.8, 4) is 5.75 Å². The third-order valence-corrected chi connectivity index (χ3v) is 5.92. The van der Waals surface area contributed by atoms with Gasteiger partial charge in [0.25, 0.3) is 0 Å². The van der Waals surface area contributed by atoms with Gasteiger partial charge >= 0.3 is 0 Å². The average Bonchev–Trinajstić information content (AvgIpc) is 2.78. The standard InChI is InChI=1S/C14H20N2O3S/c1-10-9-15-5-6-16(10)20(17,18)13-3-4-14-12(8-13)7-11(2)19-14/h3-4,8,10-11,15H,5-7,9H2,1-2H3. The molecule has 2 heterocycles. The maximum atomic E-state index is 12.7. The van der Waals surface area contributed by atoms with Crippen LogP contribution in [0, 0.1) is 0 Å². The molecule has 0 amide bonds. The summed E-state index contributed by atoms with van der Waals surface area (Å²) in [6.45, 7) is 5.85. The predicted octanol–water partition coefficient (Wildman–Crippen LogP) is 0.992. The van der Waals surface area contributed by atoms with Gasteiger partial charge in [-0.15, -0.1) is 0 Å². The number of hydrogen-bond acceptors (Lipinski definition) is 4. The molecule has 0 spiro atoms. The molecule has 0 aliphatic carbocycles. The highest BCUT2D eigenvalue weighted by Gasteiger charge is 2.32. The maximum absolute atomic E-state index is 12.7. The number of ether oxygens (including phenoxy) is 1. The van der Waals surface area contributed by atoms with Crippen molar-refractivity contribution in [3.05, 3.63) is 23.8 Å². The molecule has 5 nitrogen and oxygen atoms in total. The van der Waals surface area contributed by atoms with Gasteiger partial charge in [0, 0.05) is 32.1 Å². The van der Waals surface area contributed by atoms with E-state index in [1.807, 2.05) is 13.8 Å². The first-order chi connectivity index (χ1) is 9.48. The van der Waals surface area contributed by atoms with Crippen LogP contribution in [0.25, 0.3) is 0 Å². The Kier molecular flexibility index (Phi) is 3.48. The molecule has 2 aliphatic heterocycles. The van der Waals surface area contributed by atoms with Gasteiger partial charge in [0.15, 0.2) is 0 Å². The largest absolute Gasteiger partial charge is 0.490 e. The Hall–Kier alpha value is -1.11. The first kappa shape index (κ1) is 13.9. The predicted molar refractivity (Wildman–Crippen MR) is 76.5 cm³/mol. The summed E-state index contributed by atoms with van der Waals surface area (Å²) in [5.74, 6) is 0.810. The van der Waals surface area contributed by atoms with Crippen LogP contribution in [0.5, 0.6) is 5.75 Å². The molecule has 110 valence electrons. The normalized spacial score (nSPS) is 27.1. The monoisotopic (exact) mass is 296 g/mol. The fourth-order valence-corrected chi connectivity index (χ4v) is 4.56. The van der Waals surface area contributed by atoms with Gasteiger partial charge in [-0.25, -0.2) is 8.42 Å². The highest BCUT2D eigenvalue weighted by Crippen LogP contribution is 2.32. The summed E-state index contributed by atoms with van der Waals surface area (Å²) in [5, 5.41) is 3.21. The van der Waals surface area contributed by atoms with E-state index >= 15 is 0 Å². The minimum atomic E-state index is -3.41. The molecule has 2 atom stereocenters. The first-order valence-electron chi connectivity index (χ1n) is 7.00. The zero-order chi connectivity index (χ0) is 14.3. The Morgan fingerprint density at radius 3 is 2.90 bits per heavy atom. The van der Waals surface area contributed by atoms with Crippen LogP contribution in [0.15, 0.2) is 23.1 Å². The van der Waals surface area contributed by atoms with Gasteiger partial charge < -0.3 is 10.1 Å². The average molecular weight is 296 g/mol. The van der Waals surface area contributed by atoms with Crippen LogP contribution >= 0.6 is 0 Å². The number of fused-ring (bicyclic) bond motifs is 1. The molecule has 2 unspecified atom stereocenters. The SMILES string of the molecule is CC1Cc2cc(S(=O)(=O)N3CCNCC3C)ccc2O1. The summed E-state index contributed by atoms with van der Waals surface area (Å²) in [6, 6.07) is 5.18. The number of piperazine rings is 1. The van der Waals surface area contributed by atoms with E-state index in [-0.39, 0.29) is 12.1 Å². The first-order valence-corrected chi connectivity index (χ1v) is 8.44. The van der Waals surface area contributed by atoms with E-state index in [0.717, 1.165) is 17.7 Å². The lowest BCUT2D eigenvalue weighted by Crippen LogP contribution is -2.52. The number of benzene rings is 1. The smallest absolute Gasteiger partial charge is 0.243 e. The van der Waals surface area contributed by atoms with E-state index in [1.54, 1.807) is 22.5 Å². The van der Waals surface area contributed by atoms with Crippen LogP contribution in [0.1, 0.15) is 19.4 Å². The van der Waals surface area contributed by atoms with Crippen molar-refractivity contribution in [1.82, 2.24) is 9.62 Å². The Bertz CT molecular complexity index is 615. The van der Waals surface area contributed by atoms with E-state index in [1.165, 1.54) is 0 Å². The molecule has 2 aliphatic rings. The second-order valence-electron chi connectivity index (χ2n) is 5.57. The number of hydrogen-bond donors (Lipinski definition) is 1. The van der Waals surface area contributed by atoms with E-state index in [0.29, 0.717) is 24.5 Å². The van der Waals surface area contributed by atoms with Crippen molar-refractivity contribution in [2.24, 2.45) is 0 Å². The lowest BCUT2D eigenvalue weighted by Gasteiger charge is -2.32. The van der Waals surface area contributed by atoms with Crippen molar-refractivity contribution in [3.63, 3.8) is 0 Å². The summed E-state index contributed by atoms with van der Waals surface area (Å²) in [6.07, 6.45) is 0.900. The molecule has 0 radical (unpaired) electrons. The minimum Gasteiger partial charge on any atom is -0.490 e. The summed E-state index contributed by atoms with van der Waals surface area (Å²) in [4.78, 5) is 0.378. The van der Waals surface area contributed by atoms with Crippen LogP contribution in [-0.2, 0) is 16.4 Å². The summed E-state index contributed by atoms with van der Waals surface area (Å²) in [5.41, 5.74) is 0.987. The number of nitrogens with one attached hydrogen (secondary N) is 1. The van der Waals surface area contributed by atoms with Gasteiger partial charge in [-0.05, 0) is 37.6 Å². The third kappa shape index (κ3) is 2.32. The van der Waals surface area contributed by atoms with Crippen LogP contribution in [0.2, 0.25) is 0 Å². The molecule has 0 aromatic heterocycles. The van der Waals surface area contributed by atoms with E-state index in [4.69, 9.17) is 4.74 Å². The van der Waals surface area contributed by atoms with Crippen molar-refractivity contribution in [2.75, 3.05) is 19.6 Å². The molecule has 0 saturated carbocycles. The van der Waals surface area contributed by atoms with Gasteiger partial charge in [0.05, 0.1) is 4.90 Å².